The van der Waals surface area contributed by atoms with E-state index in [0.717, 1.165) is 18.7 Å². The van der Waals surface area contributed by atoms with Crippen molar-refractivity contribution in [2.24, 2.45) is 17.8 Å². The summed E-state index contributed by atoms with van der Waals surface area (Å²) in [6.45, 7) is 14.6. The largest absolute Gasteiger partial charge is 0.478 e. The van der Waals surface area contributed by atoms with Crippen molar-refractivity contribution in [3.8, 4) is 0 Å². The number of carboxylic acid groups (broad SMARTS) is 2. The minimum atomic E-state index is -1.26. The van der Waals surface area contributed by atoms with E-state index in [2.05, 4.69) is 43.2 Å². The van der Waals surface area contributed by atoms with Gasteiger partial charge in [-0.3, -0.25) is 14.5 Å². The van der Waals surface area contributed by atoms with E-state index in [0.29, 0.717) is 42.6 Å². The van der Waals surface area contributed by atoms with Crippen LogP contribution in [0.1, 0.15) is 54.4 Å². The van der Waals surface area contributed by atoms with Crippen molar-refractivity contribution in [1.82, 2.24) is 15.5 Å². The predicted molar refractivity (Wildman–Crippen MR) is 166 cm³/mol. The van der Waals surface area contributed by atoms with E-state index < -0.39 is 18.0 Å². The zero-order chi connectivity index (χ0) is 32.5. The van der Waals surface area contributed by atoms with E-state index in [9.17, 15) is 24.3 Å². The number of aliphatic hydroxyl groups is 1. The average Bonchev–Trinajstić information content (AvgIpc) is 2.92. The number of rotatable bonds is 10. The lowest BCUT2D eigenvalue weighted by atomic mass is 9.87. The first-order valence-corrected chi connectivity index (χ1v) is 15.1. The molecule has 2 aliphatic heterocycles. The van der Waals surface area contributed by atoms with E-state index in [1.165, 1.54) is 0 Å². The molecule has 2 aliphatic rings. The molecule has 2 heterocycles. The van der Waals surface area contributed by atoms with Gasteiger partial charge in [0.05, 0.1) is 35.3 Å². The van der Waals surface area contributed by atoms with Crippen LogP contribution in [0.25, 0.3) is 0 Å². The van der Waals surface area contributed by atoms with Gasteiger partial charge in [-0.15, -0.1) is 0 Å². The first kappa shape index (κ1) is 36.2. The third kappa shape index (κ3) is 10.9. The second-order valence-electron chi connectivity index (χ2n) is 12.6. The first-order chi connectivity index (χ1) is 20.0. The average molecular weight is 623 g/mol. The van der Waals surface area contributed by atoms with Crippen molar-refractivity contribution >= 4 is 41.0 Å². The fourth-order valence-electron chi connectivity index (χ4n) is 5.58. The fraction of sp³-hybridized carbons (Fsp3) is 0.613. The molecule has 1 unspecified atom stereocenters. The number of anilines is 1. The molecule has 0 saturated carbocycles. The van der Waals surface area contributed by atoms with Gasteiger partial charge in [-0.1, -0.05) is 51.4 Å². The van der Waals surface area contributed by atoms with Crippen molar-refractivity contribution in [1.29, 1.82) is 0 Å². The number of amides is 2. The third-order valence-electron chi connectivity index (χ3n) is 7.73. The zero-order valence-corrected chi connectivity index (χ0v) is 26.7. The molecular weight excluding hydrogens is 576 g/mol. The molecule has 1 aromatic rings. The van der Waals surface area contributed by atoms with Crippen molar-refractivity contribution < 1.29 is 34.5 Å². The number of carboxylic acids is 2. The molecule has 4 atom stereocenters. The number of aliphatic hydroxyl groups excluding tert-OH is 1. The van der Waals surface area contributed by atoms with E-state index in [4.69, 9.17) is 21.8 Å². The molecule has 11 nitrogen and oxygen atoms in total. The molecule has 1 aromatic carbocycles. The monoisotopic (exact) mass is 622 g/mol. The predicted octanol–water partition coefficient (Wildman–Crippen LogP) is 3.00. The van der Waals surface area contributed by atoms with Gasteiger partial charge in [0.1, 0.15) is 0 Å². The molecule has 2 saturated heterocycles. The van der Waals surface area contributed by atoms with Gasteiger partial charge < -0.3 is 30.9 Å². The molecular formula is C31H47ClN4O7. The Hall–Kier alpha value is -2.99. The Labute approximate surface area is 259 Å². The summed E-state index contributed by atoms with van der Waals surface area (Å²) in [4.78, 5) is 49.6. The summed E-state index contributed by atoms with van der Waals surface area (Å²) in [7, 11) is 0. The molecule has 2 amide bonds. The summed E-state index contributed by atoms with van der Waals surface area (Å²) >= 11 is 6.39. The highest BCUT2D eigenvalue weighted by Gasteiger charge is 2.44. The normalized spacial score (nSPS) is 22.2. The van der Waals surface area contributed by atoms with Crippen LogP contribution in [0.4, 0.5) is 5.69 Å². The molecule has 0 radical (unpaired) electrons. The Bertz CT molecular complexity index is 1140. The zero-order valence-electron chi connectivity index (χ0n) is 25.9. The standard InChI is InChI=1S/C27H43ClN4O3.C4H4O4/c1-17(2)11-22(25(34)18(3)4)30-26(35)19-12-20(14-29-13-19)32-15-24(33)31(16-27(32,5)6)23-10-8-7-9-21(23)28;5-3(6)1-2-4(7)8/h7-10,17-20,22,25,29,34H,11-16H2,1-6H3,(H,30,35);1-2H,(H,5,6)(H,7,8)/b;2-1+/t19-,20+,22+,25?;/m0./s1. The molecule has 240 valence electrons. The van der Waals surface area contributed by atoms with E-state index in [1.54, 1.807) is 11.0 Å². The van der Waals surface area contributed by atoms with Crippen LogP contribution in [-0.2, 0) is 19.2 Å². The lowest BCUT2D eigenvalue weighted by Crippen LogP contribution is -2.67. The number of benzene rings is 1. The van der Waals surface area contributed by atoms with Crippen LogP contribution < -0.4 is 15.5 Å². The third-order valence-corrected chi connectivity index (χ3v) is 8.05. The first-order valence-electron chi connectivity index (χ1n) is 14.7. The van der Waals surface area contributed by atoms with Gasteiger partial charge in [-0.2, -0.15) is 0 Å². The van der Waals surface area contributed by atoms with Gasteiger partial charge in [-0.05, 0) is 50.7 Å². The topological polar surface area (TPSA) is 160 Å². The lowest BCUT2D eigenvalue weighted by Gasteiger charge is -2.51. The quantitative estimate of drug-likeness (QED) is 0.247. The van der Waals surface area contributed by atoms with E-state index in [-0.39, 0.29) is 47.8 Å². The summed E-state index contributed by atoms with van der Waals surface area (Å²) < 4.78 is 0. The maximum Gasteiger partial charge on any atom is 0.328 e. The molecule has 3 rings (SSSR count). The van der Waals surface area contributed by atoms with Gasteiger partial charge in [0.2, 0.25) is 11.8 Å². The number of para-hydroxylation sites is 1. The minimum Gasteiger partial charge on any atom is -0.478 e. The Morgan fingerprint density at radius 2 is 1.70 bits per heavy atom. The Morgan fingerprint density at radius 3 is 2.23 bits per heavy atom. The number of nitrogens with one attached hydrogen (secondary N) is 2. The maximum absolute atomic E-state index is 13.3. The summed E-state index contributed by atoms with van der Waals surface area (Å²) in [6, 6.07) is 7.24. The summed E-state index contributed by atoms with van der Waals surface area (Å²) in [5.41, 5.74) is 0.456. The highest BCUT2D eigenvalue weighted by Crippen LogP contribution is 2.33. The molecule has 0 aliphatic carbocycles. The van der Waals surface area contributed by atoms with Gasteiger partial charge in [0, 0.05) is 43.4 Å². The number of aliphatic carboxylic acids is 2. The van der Waals surface area contributed by atoms with E-state index >= 15 is 0 Å². The SMILES string of the molecule is CC(C)C[C@@H](NC(=O)[C@@H]1CNC[C@H](N2CC(=O)N(c3ccccc3Cl)CC2(C)C)C1)C(O)C(C)C.O=C(O)/C=C/C(=O)O. The van der Waals surface area contributed by atoms with Crippen LogP contribution in [-0.4, -0.2) is 93.9 Å². The number of piperazine rings is 1. The fourth-order valence-corrected chi connectivity index (χ4v) is 5.82. The minimum absolute atomic E-state index is 0.0149. The van der Waals surface area contributed by atoms with Crippen molar-refractivity contribution in [3.05, 3.63) is 41.4 Å². The van der Waals surface area contributed by atoms with Crippen LogP contribution in [0.2, 0.25) is 5.02 Å². The van der Waals surface area contributed by atoms with Gasteiger partial charge in [0.25, 0.3) is 0 Å². The maximum atomic E-state index is 13.3. The second kappa shape index (κ2) is 16.2. The molecule has 12 heteroatoms. The van der Waals surface area contributed by atoms with E-state index in [1.807, 2.05) is 32.0 Å². The van der Waals surface area contributed by atoms with Gasteiger partial charge >= 0.3 is 11.9 Å². The number of hydrogen-bond donors (Lipinski definition) is 5. The van der Waals surface area contributed by atoms with Crippen LogP contribution in [0.15, 0.2) is 36.4 Å². The molecule has 43 heavy (non-hydrogen) atoms. The van der Waals surface area contributed by atoms with Crippen LogP contribution >= 0.6 is 11.6 Å². The number of hydrogen-bond acceptors (Lipinski definition) is 7. The van der Waals surface area contributed by atoms with Crippen LogP contribution in [0.5, 0.6) is 0 Å². The smallest absolute Gasteiger partial charge is 0.328 e. The van der Waals surface area contributed by atoms with Crippen molar-refractivity contribution in [2.75, 3.05) is 31.1 Å². The van der Waals surface area contributed by atoms with Crippen LogP contribution in [0.3, 0.4) is 0 Å². The highest BCUT2D eigenvalue weighted by atomic mass is 35.5. The van der Waals surface area contributed by atoms with Crippen molar-refractivity contribution in [3.63, 3.8) is 0 Å². The summed E-state index contributed by atoms with van der Waals surface area (Å²) in [5, 5.41) is 33.5. The number of nitrogens with zero attached hydrogens (tertiary/aromatic N) is 2. The summed E-state index contributed by atoms with van der Waals surface area (Å²) in [6.07, 6.45) is 1.95. The highest BCUT2D eigenvalue weighted by molar-refractivity contribution is 6.33. The second-order valence-corrected chi connectivity index (χ2v) is 13.0. The van der Waals surface area contributed by atoms with Crippen molar-refractivity contribution in [2.45, 2.75) is 78.1 Å². The molecule has 0 bridgehead atoms. The number of halogens is 1. The molecule has 0 aromatic heterocycles. The Balaban J connectivity index is 0.000000708. The lowest BCUT2D eigenvalue weighted by molar-refractivity contribution is -0.134. The van der Waals surface area contributed by atoms with Gasteiger partial charge in [-0.25, -0.2) is 9.59 Å². The molecule has 5 N–H and O–H groups in total. The Morgan fingerprint density at radius 1 is 1.09 bits per heavy atom. The number of piperidine rings is 1. The number of carbonyl (C=O) groups excluding carboxylic acids is 2. The van der Waals surface area contributed by atoms with Gasteiger partial charge in [0.15, 0.2) is 0 Å². The van der Waals surface area contributed by atoms with Crippen LogP contribution in [0, 0.1) is 17.8 Å². The molecule has 2 fully saturated rings. The molecule has 0 spiro atoms. The Kier molecular flexibility index (Phi) is 13.6. The summed E-state index contributed by atoms with van der Waals surface area (Å²) in [5.74, 6) is -2.30. The number of carbonyl (C=O) groups is 4.